The topological polar surface area (TPSA) is 62.2 Å². The molecule has 1 aromatic rings. The van der Waals surface area contributed by atoms with Gasteiger partial charge in [-0.1, -0.05) is 6.07 Å². The van der Waals surface area contributed by atoms with E-state index in [1.165, 1.54) is 12.8 Å². The molecule has 0 bridgehead atoms. The maximum absolute atomic E-state index is 6.16. The molecule has 30 heavy (non-hydrogen) atoms. The first-order valence-electron chi connectivity index (χ1n) is 11.0. The zero-order chi connectivity index (χ0) is 20.5. The number of ether oxygens (including phenoxy) is 2. The summed E-state index contributed by atoms with van der Waals surface area (Å²) in [5, 5.41) is 3.45. The summed E-state index contributed by atoms with van der Waals surface area (Å²) in [7, 11) is 4.04. The Hall–Kier alpha value is -1.13. The average Bonchev–Trinajstić information content (AvgIpc) is 2.76. The maximum Gasteiger partial charge on any atom is 0.194 e. The Labute approximate surface area is 198 Å². The first-order chi connectivity index (χ1) is 14.2. The smallest absolute Gasteiger partial charge is 0.194 e. The van der Waals surface area contributed by atoms with E-state index in [4.69, 9.17) is 14.5 Å². The number of hydrogen-bond donors (Lipinski definition) is 1. The number of anilines is 1. The maximum atomic E-state index is 6.16. The van der Waals surface area contributed by atoms with Crippen LogP contribution in [0.4, 0.5) is 5.82 Å². The second kappa shape index (κ2) is 13.3. The van der Waals surface area contributed by atoms with Crippen LogP contribution in [-0.2, 0) is 16.0 Å². The first-order valence-corrected chi connectivity index (χ1v) is 11.0. The fourth-order valence-corrected chi connectivity index (χ4v) is 3.96. The Morgan fingerprint density at radius 3 is 2.77 bits per heavy atom. The summed E-state index contributed by atoms with van der Waals surface area (Å²) in [6.45, 7) is 7.17. The van der Waals surface area contributed by atoms with E-state index < -0.39 is 0 Å². The van der Waals surface area contributed by atoms with Gasteiger partial charge in [-0.15, -0.1) is 24.0 Å². The SMILES string of the molecule is CCNC(=NCc1cccnc1N(C)C)N1CCC(OCC2CCCCO2)CC1.I. The number of rotatable bonds is 7. The number of nitrogens with zero attached hydrogens (tertiary/aromatic N) is 4. The predicted octanol–water partition coefficient (Wildman–Crippen LogP) is 3.28. The molecular weight excluding hydrogens is 493 g/mol. The first kappa shape index (κ1) is 25.1. The van der Waals surface area contributed by atoms with Crippen LogP contribution in [0.2, 0.25) is 0 Å². The molecule has 0 aliphatic carbocycles. The van der Waals surface area contributed by atoms with Gasteiger partial charge < -0.3 is 24.6 Å². The van der Waals surface area contributed by atoms with Gasteiger partial charge in [-0.25, -0.2) is 9.98 Å². The molecule has 0 spiro atoms. The number of halogens is 1. The third-order valence-corrected chi connectivity index (χ3v) is 5.56. The van der Waals surface area contributed by atoms with Gasteiger partial charge in [-0.05, 0) is 45.1 Å². The molecule has 170 valence electrons. The molecule has 2 aliphatic heterocycles. The van der Waals surface area contributed by atoms with Crippen LogP contribution in [0.5, 0.6) is 0 Å². The summed E-state index contributed by atoms with van der Waals surface area (Å²) in [6, 6.07) is 4.08. The normalized spacial score (nSPS) is 20.6. The summed E-state index contributed by atoms with van der Waals surface area (Å²) < 4.78 is 11.9. The Morgan fingerprint density at radius 2 is 2.10 bits per heavy atom. The number of pyridine rings is 1. The summed E-state index contributed by atoms with van der Waals surface area (Å²) >= 11 is 0. The van der Waals surface area contributed by atoms with Gasteiger partial charge in [0.1, 0.15) is 5.82 Å². The van der Waals surface area contributed by atoms with E-state index >= 15 is 0 Å². The van der Waals surface area contributed by atoms with Crippen LogP contribution in [0.3, 0.4) is 0 Å². The van der Waals surface area contributed by atoms with Crippen molar-refractivity contribution < 1.29 is 9.47 Å². The van der Waals surface area contributed by atoms with Crippen LogP contribution < -0.4 is 10.2 Å². The number of guanidine groups is 1. The minimum absolute atomic E-state index is 0. The third kappa shape index (κ3) is 7.53. The fourth-order valence-electron chi connectivity index (χ4n) is 3.96. The minimum Gasteiger partial charge on any atom is -0.376 e. The Morgan fingerprint density at radius 1 is 1.30 bits per heavy atom. The molecule has 1 atom stereocenters. The summed E-state index contributed by atoms with van der Waals surface area (Å²) in [5.74, 6) is 1.96. The highest BCUT2D eigenvalue weighted by molar-refractivity contribution is 14.0. The molecule has 1 N–H and O–H groups in total. The van der Waals surface area contributed by atoms with Crippen molar-refractivity contribution in [1.29, 1.82) is 0 Å². The van der Waals surface area contributed by atoms with Crippen LogP contribution in [0.25, 0.3) is 0 Å². The monoisotopic (exact) mass is 531 g/mol. The molecule has 2 fully saturated rings. The van der Waals surface area contributed by atoms with Gasteiger partial charge >= 0.3 is 0 Å². The lowest BCUT2D eigenvalue weighted by Gasteiger charge is -2.35. The van der Waals surface area contributed by atoms with Crippen molar-refractivity contribution >= 4 is 35.8 Å². The third-order valence-electron chi connectivity index (χ3n) is 5.56. The lowest BCUT2D eigenvalue weighted by atomic mass is 10.1. The van der Waals surface area contributed by atoms with Crippen molar-refractivity contribution in [2.45, 2.75) is 57.8 Å². The van der Waals surface area contributed by atoms with Crippen LogP contribution in [0, 0.1) is 0 Å². The molecule has 2 aliphatic rings. The van der Waals surface area contributed by atoms with Gasteiger partial charge in [0.25, 0.3) is 0 Å². The van der Waals surface area contributed by atoms with Gasteiger partial charge in [0.2, 0.25) is 0 Å². The van der Waals surface area contributed by atoms with Crippen LogP contribution >= 0.6 is 24.0 Å². The molecule has 1 unspecified atom stereocenters. The van der Waals surface area contributed by atoms with Crippen LogP contribution in [0.15, 0.2) is 23.3 Å². The second-order valence-electron chi connectivity index (χ2n) is 8.06. The molecule has 8 heteroatoms. The lowest BCUT2D eigenvalue weighted by molar-refractivity contribution is -0.0721. The van der Waals surface area contributed by atoms with E-state index in [0.29, 0.717) is 18.8 Å². The number of piperidine rings is 1. The fraction of sp³-hybridized carbons (Fsp3) is 0.727. The predicted molar refractivity (Wildman–Crippen MR) is 133 cm³/mol. The zero-order valence-electron chi connectivity index (χ0n) is 18.7. The van der Waals surface area contributed by atoms with Crippen LogP contribution in [-0.4, -0.2) is 75.0 Å². The van der Waals surface area contributed by atoms with Crippen molar-refractivity contribution in [3.05, 3.63) is 23.9 Å². The highest BCUT2D eigenvalue weighted by atomic mass is 127. The highest BCUT2D eigenvalue weighted by Crippen LogP contribution is 2.19. The van der Waals surface area contributed by atoms with Gasteiger partial charge in [0.15, 0.2) is 5.96 Å². The summed E-state index contributed by atoms with van der Waals surface area (Å²) in [6.07, 6.45) is 8.12. The van der Waals surface area contributed by atoms with Gasteiger partial charge in [-0.3, -0.25) is 0 Å². The van der Waals surface area contributed by atoms with Gasteiger partial charge in [0, 0.05) is 52.1 Å². The minimum atomic E-state index is 0. The average molecular weight is 531 g/mol. The molecule has 3 heterocycles. The van der Waals surface area contributed by atoms with E-state index in [1.807, 2.05) is 31.3 Å². The van der Waals surface area contributed by atoms with E-state index in [2.05, 4.69) is 28.2 Å². The molecule has 7 nitrogen and oxygen atoms in total. The highest BCUT2D eigenvalue weighted by Gasteiger charge is 2.23. The van der Waals surface area contributed by atoms with E-state index in [0.717, 1.165) is 69.5 Å². The number of hydrogen-bond acceptors (Lipinski definition) is 5. The van der Waals surface area contributed by atoms with Crippen LogP contribution in [0.1, 0.15) is 44.6 Å². The second-order valence-corrected chi connectivity index (χ2v) is 8.06. The quantitative estimate of drug-likeness (QED) is 0.331. The molecule has 0 aromatic carbocycles. The molecule has 1 aromatic heterocycles. The van der Waals surface area contributed by atoms with Crippen molar-refractivity contribution in [1.82, 2.24) is 15.2 Å². The summed E-state index contributed by atoms with van der Waals surface area (Å²) in [5.41, 5.74) is 1.14. The van der Waals surface area contributed by atoms with Crippen molar-refractivity contribution in [3.63, 3.8) is 0 Å². The molecule has 0 amide bonds. The van der Waals surface area contributed by atoms with Crippen molar-refractivity contribution in [2.75, 3.05) is 51.8 Å². The Bertz CT molecular complexity index is 644. The number of aliphatic imine (C=N–C) groups is 1. The van der Waals surface area contributed by atoms with Crippen molar-refractivity contribution in [2.24, 2.45) is 4.99 Å². The number of likely N-dealkylation sites (tertiary alicyclic amines) is 1. The molecule has 0 saturated carbocycles. The van der Waals surface area contributed by atoms with E-state index in [1.54, 1.807) is 0 Å². The zero-order valence-corrected chi connectivity index (χ0v) is 21.0. The van der Waals surface area contributed by atoms with Gasteiger partial charge in [-0.2, -0.15) is 0 Å². The Kier molecular flexibility index (Phi) is 11.2. The molecular formula is C22H38IN5O2. The van der Waals surface area contributed by atoms with E-state index in [9.17, 15) is 0 Å². The largest absolute Gasteiger partial charge is 0.376 e. The summed E-state index contributed by atoms with van der Waals surface area (Å²) in [4.78, 5) is 13.8. The number of aromatic nitrogens is 1. The van der Waals surface area contributed by atoms with Gasteiger partial charge in [0.05, 0.1) is 25.4 Å². The molecule has 3 rings (SSSR count). The lowest BCUT2D eigenvalue weighted by Crippen LogP contribution is -2.47. The van der Waals surface area contributed by atoms with Crippen molar-refractivity contribution in [3.8, 4) is 0 Å². The molecule has 0 radical (unpaired) electrons. The molecule has 2 saturated heterocycles. The van der Waals surface area contributed by atoms with E-state index in [-0.39, 0.29) is 24.0 Å². The Balaban J connectivity index is 0.00000320. The number of nitrogens with one attached hydrogen (secondary N) is 1. The standard InChI is InChI=1S/C22H37N5O2.HI/c1-4-23-22(25-16-18-8-7-12-24-21(18)26(2)3)27-13-10-19(11-14-27)29-17-20-9-5-6-15-28-20;/h7-8,12,19-20H,4-6,9-11,13-17H2,1-3H3,(H,23,25);1H.